The molecule has 0 aliphatic heterocycles. The second-order valence-electron chi connectivity index (χ2n) is 4.68. The average Bonchev–Trinajstić information content (AvgIpc) is 2.83. The monoisotopic (exact) mass is 279 g/mol. The van der Waals surface area contributed by atoms with Crippen LogP contribution in [0.25, 0.3) is 0 Å². The molecule has 0 amide bonds. The van der Waals surface area contributed by atoms with E-state index in [1.54, 1.807) is 0 Å². The Hall–Kier alpha value is -1.75. The topological polar surface area (TPSA) is 29.9 Å². The number of hydrogen-bond donors (Lipinski definition) is 1. The van der Waals surface area contributed by atoms with Crippen LogP contribution in [-0.4, -0.2) is 16.3 Å². The maximum absolute atomic E-state index is 13.2. The first kappa shape index (κ1) is 14.7. The Morgan fingerprint density at radius 3 is 2.65 bits per heavy atom. The lowest BCUT2D eigenvalue weighted by atomic mass is 10.2. The molecule has 108 valence electrons. The first-order valence-electron chi connectivity index (χ1n) is 6.79. The highest BCUT2D eigenvalue weighted by atomic mass is 19.3. The van der Waals surface area contributed by atoms with E-state index < -0.39 is 6.43 Å². The minimum absolute atomic E-state index is 0.0115. The van der Waals surface area contributed by atoms with E-state index in [4.69, 9.17) is 0 Å². The van der Waals surface area contributed by atoms with E-state index in [-0.39, 0.29) is 5.69 Å². The number of hydrogen-bond acceptors (Lipinski definition) is 2. The zero-order valence-electron chi connectivity index (χ0n) is 11.5. The molecule has 0 fully saturated rings. The molecule has 0 bridgehead atoms. The zero-order chi connectivity index (χ0) is 14.4. The van der Waals surface area contributed by atoms with Gasteiger partial charge in [-0.25, -0.2) is 8.78 Å². The van der Waals surface area contributed by atoms with Crippen molar-refractivity contribution >= 4 is 0 Å². The van der Waals surface area contributed by atoms with Crippen LogP contribution in [0.4, 0.5) is 8.78 Å². The summed E-state index contributed by atoms with van der Waals surface area (Å²) in [6.07, 6.45) is -0.00504. The summed E-state index contributed by atoms with van der Waals surface area (Å²) in [7, 11) is 0. The maximum Gasteiger partial charge on any atom is 0.280 e. The van der Waals surface area contributed by atoms with Gasteiger partial charge in [0.2, 0.25) is 0 Å². The van der Waals surface area contributed by atoms with Gasteiger partial charge in [0, 0.05) is 12.1 Å². The lowest BCUT2D eigenvalue weighted by Crippen LogP contribution is -2.15. The summed E-state index contributed by atoms with van der Waals surface area (Å²) in [5, 5.41) is 7.25. The van der Waals surface area contributed by atoms with Crippen LogP contribution in [0.3, 0.4) is 0 Å². The van der Waals surface area contributed by atoms with Gasteiger partial charge in [0.25, 0.3) is 6.43 Å². The smallest absolute Gasteiger partial charge is 0.280 e. The molecule has 1 N–H and O–H groups in total. The third-order valence-electron chi connectivity index (χ3n) is 3.08. The van der Waals surface area contributed by atoms with Gasteiger partial charge in [-0.1, -0.05) is 37.3 Å². The fraction of sp³-hybridized carbons (Fsp3) is 0.400. The van der Waals surface area contributed by atoms with Crippen LogP contribution in [0, 0.1) is 0 Å². The Bertz CT molecular complexity index is 523. The number of nitrogens with one attached hydrogen (secondary N) is 1. The molecule has 0 saturated heterocycles. The van der Waals surface area contributed by atoms with Crippen molar-refractivity contribution in [2.75, 3.05) is 6.54 Å². The third-order valence-corrected chi connectivity index (χ3v) is 3.08. The van der Waals surface area contributed by atoms with E-state index in [1.807, 2.05) is 37.3 Å². The predicted octanol–water partition coefficient (Wildman–Crippen LogP) is 3.37. The number of benzene rings is 1. The molecule has 0 saturated carbocycles. The van der Waals surface area contributed by atoms with E-state index in [0.717, 1.165) is 18.5 Å². The van der Waals surface area contributed by atoms with Gasteiger partial charge in [0.05, 0.1) is 12.7 Å². The molecular formula is C15H19F2N3. The van der Waals surface area contributed by atoms with Crippen LogP contribution in [-0.2, 0) is 13.1 Å². The number of alkyl halides is 2. The van der Waals surface area contributed by atoms with E-state index in [1.165, 1.54) is 10.9 Å². The Labute approximate surface area is 117 Å². The van der Waals surface area contributed by atoms with Crippen molar-refractivity contribution in [3.05, 3.63) is 53.3 Å². The predicted molar refractivity (Wildman–Crippen MR) is 74.7 cm³/mol. The third kappa shape index (κ3) is 3.63. The quantitative estimate of drug-likeness (QED) is 0.788. The first-order chi connectivity index (χ1) is 9.72. The minimum Gasteiger partial charge on any atom is -0.313 e. The molecular weight excluding hydrogens is 260 g/mol. The summed E-state index contributed by atoms with van der Waals surface area (Å²) in [5.41, 5.74) is 1.55. The van der Waals surface area contributed by atoms with Crippen LogP contribution < -0.4 is 5.32 Å². The molecule has 0 unspecified atom stereocenters. The summed E-state index contributed by atoms with van der Waals surface area (Å²) in [6.45, 7) is 3.66. The standard InChI is InChI=1S/C15H19F2N3/c1-2-8-18-9-13-10-19-20(14(13)15(16)17)11-12-6-4-3-5-7-12/h3-7,10,15,18H,2,8-9,11H2,1H3. The molecule has 1 heterocycles. The Balaban J connectivity index is 2.16. The van der Waals surface area contributed by atoms with Crippen molar-refractivity contribution in [3.63, 3.8) is 0 Å². The molecule has 0 aliphatic carbocycles. The Morgan fingerprint density at radius 2 is 2.00 bits per heavy atom. The second kappa shape index (κ2) is 7.14. The van der Waals surface area contributed by atoms with Crippen molar-refractivity contribution in [1.29, 1.82) is 0 Å². The van der Waals surface area contributed by atoms with Gasteiger partial charge >= 0.3 is 0 Å². The Morgan fingerprint density at radius 1 is 1.25 bits per heavy atom. The number of rotatable bonds is 7. The van der Waals surface area contributed by atoms with Gasteiger partial charge in [0.1, 0.15) is 5.69 Å². The van der Waals surface area contributed by atoms with Crippen molar-refractivity contribution < 1.29 is 8.78 Å². The molecule has 0 aliphatic rings. The molecule has 1 aromatic carbocycles. The van der Waals surface area contributed by atoms with Gasteiger partial charge in [-0.05, 0) is 18.5 Å². The summed E-state index contributed by atoms with van der Waals surface area (Å²) in [4.78, 5) is 0. The van der Waals surface area contributed by atoms with Crippen molar-refractivity contribution in [3.8, 4) is 0 Å². The molecule has 0 atom stereocenters. The summed E-state index contributed by atoms with van der Waals surface area (Å²) in [6, 6.07) is 9.51. The fourth-order valence-corrected chi connectivity index (χ4v) is 2.10. The second-order valence-corrected chi connectivity index (χ2v) is 4.68. The highest BCUT2D eigenvalue weighted by Crippen LogP contribution is 2.23. The van der Waals surface area contributed by atoms with E-state index in [2.05, 4.69) is 10.4 Å². The van der Waals surface area contributed by atoms with E-state index >= 15 is 0 Å². The number of halogens is 2. The van der Waals surface area contributed by atoms with Crippen LogP contribution in [0.1, 0.15) is 36.6 Å². The van der Waals surface area contributed by atoms with Crippen LogP contribution in [0.5, 0.6) is 0 Å². The molecule has 20 heavy (non-hydrogen) atoms. The molecule has 3 nitrogen and oxygen atoms in total. The molecule has 1 aromatic heterocycles. The Kier molecular flexibility index (Phi) is 5.24. The van der Waals surface area contributed by atoms with Crippen molar-refractivity contribution in [2.45, 2.75) is 32.9 Å². The van der Waals surface area contributed by atoms with Crippen molar-refractivity contribution in [2.24, 2.45) is 0 Å². The largest absolute Gasteiger partial charge is 0.313 e. The summed E-state index contributed by atoms with van der Waals surface area (Å²) >= 11 is 0. The molecule has 5 heteroatoms. The molecule has 0 radical (unpaired) electrons. The number of aromatic nitrogens is 2. The summed E-state index contributed by atoms with van der Waals surface area (Å²) in [5.74, 6) is 0. The van der Waals surface area contributed by atoms with Gasteiger partial charge in [0.15, 0.2) is 0 Å². The first-order valence-corrected chi connectivity index (χ1v) is 6.79. The average molecular weight is 279 g/mol. The van der Waals surface area contributed by atoms with E-state index in [0.29, 0.717) is 18.7 Å². The highest BCUT2D eigenvalue weighted by molar-refractivity contribution is 5.22. The molecule has 2 aromatic rings. The normalized spacial score (nSPS) is 11.2. The zero-order valence-corrected chi connectivity index (χ0v) is 11.5. The maximum atomic E-state index is 13.2. The van der Waals surface area contributed by atoms with Crippen molar-refractivity contribution in [1.82, 2.24) is 15.1 Å². The van der Waals surface area contributed by atoms with Gasteiger partial charge < -0.3 is 5.32 Å². The fourth-order valence-electron chi connectivity index (χ4n) is 2.10. The van der Waals surface area contributed by atoms with Crippen LogP contribution in [0.15, 0.2) is 36.5 Å². The lowest BCUT2D eigenvalue weighted by Gasteiger charge is -2.09. The van der Waals surface area contributed by atoms with Crippen LogP contribution >= 0.6 is 0 Å². The SMILES string of the molecule is CCCNCc1cnn(Cc2ccccc2)c1C(F)F. The highest BCUT2D eigenvalue weighted by Gasteiger charge is 2.19. The minimum atomic E-state index is -2.51. The van der Waals surface area contributed by atoms with Crippen LogP contribution in [0.2, 0.25) is 0 Å². The number of nitrogens with zero attached hydrogens (tertiary/aromatic N) is 2. The van der Waals surface area contributed by atoms with E-state index in [9.17, 15) is 8.78 Å². The van der Waals surface area contributed by atoms with Gasteiger partial charge in [-0.15, -0.1) is 0 Å². The molecule has 2 rings (SSSR count). The lowest BCUT2D eigenvalue weighted by molar-refractivity contribution is 0.138. The molecule has 0 spiro atoms. The van der Waals surface area contributed by atoms with Gasteiger partial charge in [-0.2, -0.15) is 5.10 Å². The van der Waals surface area contributed by atoms with Gasteiger partial charge in [-0.3, -0.25) is 4.68 Å². The summed E-state index contributed by atoms with van der Waals surface area (Å²) < 4.78 is 27.9.